The average molecular weight is 172 g/mol. The fourth-order valence-electron chi connectivity index (χ4n) is 1.80. The zero-order valence-electron chi connectivity index (χ0n) is 8.76. The first kappa shape index (κ1) is 10.0. The van der Waals surface area contributed by atoms with Crippen LogP contribution in [0.3, 0.4) is 0 Å². The van der Waals surface area contributed by atoms with E-state index in [0.29, 0.717) is 11.8 Å². The molecule has 0 aromatic rings. The zero-order valence-corrected chi connectivity index (χ0v) is 8.76. The molecule has 0 amide bonds. The third kappa shape index (κ3) is 1.38. The summed E-state index contributed by atoms with van der Waals surface area (Å²) in [6.07, 6.45) is 0.982. The maximum atomic E-state index is 5.78. The van der Waals surface area contributed by atoms with Crippen molar-refractivity contribution in [1.82, 2.24) is 0 Å². The Balaban J connectivity index is 2.56. The SMILES string of the molecule is CCC1OC(C(C)C)(C(C)C)O1. The van der Waals surface area contributed by atoms with E-state index in [1.807, 2.05) is 0 Å². The Morgan fingerprint density at radius 2 is 1.50 bits per heavy atom. The molecule has 1 heterocycles. The lowest BCUT2D eigenvalue weighted by atomic mass is 9.89. The van der Waals surface area contributed by atoms with Gasteiger partial charge in [-0.3, -0.25) is 0 Å². The molecular weight excluding hydrogens is 152 g/mol. The summed E-state index contributed by atoms with van der Waals surface area (Å²) >= 11 is 0. The van der Waals surface area contributed by atoms with E-state index >= 15 is 0 Å². The molecule has 0 saturated carbocycles. The molecule has 1 rings (SSSR count). The molecule has 0 aromatic carbocycles. The quantitative estimate of drug-likeness (QED) is 0.651. The smallest absolute Gasteiger partial charge is 0.179 e. The molecule has 1 aliphatic rings. The maximum absolute atomic E-state index is 5.78. The van der Waals surface area contributed by atoms with Crippen LogP contribution in [0.4, 0.5) is 0 Å². The molecular formula is C10H20O2. The van der Waals surface area contributed by atoms with Gasteiger partial charge < -0.3 is 9.47 Å². The molecule has 0 aromatic heterocycles. The second-order valence-electron chi connectivity index (χ2n) is 4.10. The van der Waals surface area contributed by atoms with E-state index in [-0.39, 0.29) is 12.1 Å². The van der Waals surface area contributed by atoms with Crippen molar-refractivity contribution in [3.63, 3.8) is 0 Å². The van der Waals surface area contributed by atoms with E-state index in [4.69, 9.17) is 9.47 Å². The number of rotatable bonds is 3. The van der Waals surface area contributed by atoms with Crippen molar-refractivity contribution >= 4 is 0 Å². The molecule has 0 N–H and O–H groups in total. The Morgan fingerprint density at radius 3 is 1.75 bits per heavy atom. The second-order valence-corrected chi connectivity index (χ2v) is 4.10. The molecule has 0 spiro atoms. The lowest BCUT2D eigenvalue weighted by Gasteiger charge is -2.52. The molecule has 0 radical (unpaired) electrons. The van der Waals surface area contributed by atoms with Crippen LogP contribution < -0.4 is 0 Å². The van der Waals surface area contributed by atoms with Crippen molar-refractivity contribution in [3.8, 4) is 0 Å². The van der Waals surface area contributed by atoms with Crippen LogP contribution in [-0.2, 0) is 9.47 Å². The Labute approximate surface area is 75.2 Å². The largest absolute Gasteiger partial charge is 0.320 e. The van der Waals surface area contributed by atoms with Gasteiger partial charge in [0.15, 0.2) is 12.1 Å². The summed E-state index contributed by atoms with van der Waals surface area (Å²) in [5.41, 5.74) is 0. The summed E-state index contributed by atoms with van der Waals surface area (Å²) in [7, 11) is 0. The van der Waals surface area contributed by atoms with Gasteiger partial charge in [0.2, 0.25) is 0 Å². The summed E-state index contributed by atoms with van der Waals surface area (Å²) in [6, 6.07) is 0. The fraction of sp³-hybridized carbons (Fsp3) is 1.00. The first-order valence-corrected chi connectivity index (χ1v) is 4.88. The summed E-state index contributed by atoms with van der Waals surface area (Å²) < 4.78 is 11.6. The number of hydrogen-bond acceptors (Lipinski definition) is 2. The van der Waals surface area contributed by atoms with Crippen molar-refractivity contribution in [3.05, 3.63) is 0 Å². The Bertz CT molecular complexity index is 136. The summed E-state index contributed by atoms with van der Waals surface area (Å²) in [6.45, 7) is 10.7. The van der Waals surface area contributed by atoms with Gasteiger partial charge >= 0.3 is 0 Å². The molecule has 0 bridgehead atoms. The molecule has 0 unspecified atom stereocenters. The second kappa shape index (κ2) is 3.35. The van der Waals surface area contributed by atoms with Crippen molar-refractivity contribution in [1.29, 1.82) is 0 Å². The van der Waals surface area contributed by atoms with Crippen molar-refractivity contribution < 1.29 is 9.47 Å². The molecule has 1 aliphatic heterocycles. The first-order chi connectivity index (χ1) is 5.53. The fourth-order valence-corrected chi connectivity index (χ4v) is 1.80. The van der Waals surface area contributed by atoms with E-state index < -0.39 is 0 Å². The lowest BCUT2D eigenvalue weighted by molar-refractivity contribution is -0.480. The third-order valence-electron chi connectivity index (χ3n) is 2.57. The Kier molecular flexibility index (Phi) is 2.79. The third-order valence-corrected chi connectivity index (χ3v) is 2.57. The topological polar surface area (TPSA) is 18.5 Å². The lowest BCUT2D eigenvalue weighted by Crippen LogP contribution is -2.60. The highest BCUT2D eigenvalue weighted by molar-refractivity contribution is 4.84. The van der Waals surface area contributed by atoms with Gasteiger partial charge in [0.1, 0.15) is 0 Å². The monoisotopic (exact) mass is 172 g/mol. The number of ether oxygens (including phenoxy) is 2. The van der Waals surface area contributed by atoms with Crippen LogP contribution >= 0.6 is 0 Å². The maximum Gasteiger partial charge on any atom is 0.179 e. The van der Waals surface area contributed by atoms with Gasteiger partial charge in [0.25, 0.3) is 0 Å². The molecule has 1 fully saturated rings. The van der Waals surface area contributed by atoms with Crippen LogP contribution in [0.2, 0.25) is 0 Å². The molecule has 2 nitrogen and oxygen atoms in total. The number of hydrogen-bond donors (Lipinski definition) is 0. The van der Waals surface area contributed by atoms with Gasteiger partial charge in [0.05, 0.1) is 0 Å². The molecule has 0 aliphatic carbocycles. The van der Waals surface area contributed by atoms with E-state index in [0.717, 1.165) is 6.42 Å². The van der Waals surface area contributed by atoms with Gasteiger partial charge in [-0.05, 0) is 6.42 Å². The first-order valence-electron chi connectivity index (χ1n) is 4.88. The van der Waals surface area contributed by atoms with Gasteiger partial charge in [-0.25, -0.2) is 0 Å². The van der Waals surface area contributed by atoms with Gasteiger partial charge in [-0.15, -0.1) is 0 Å². The van der Waals surface area contributed by atoms with Gasteiger partial charge in [0, 0.05) is 11.8 Å². The van der Waals surface area contributed by atoms with Crippen LogP contribution in [0.25, 0.3) is 0 Å². The molecule has 1 saturated heterocycles. The Hall–Kier alpha value is -0.0800. The highest BCUT2D eigenvalue weighted by Gasteiger charge is 2.50. The molecule has 0 atom stereocenters. The highest BCUT2D eigenvalue weighted by atomic mass is 16.9. The molecule has 72 valence electrons. The van der Waals surface area contributed by atoms with Crippen molar-refractivity contribution in [2.75, 3.05) is 0 Å². The average Bonchev–Trinajstić information content (AvgIpc) is 1.83. The van der Waals surface area contributed by atoms with Crippen LogP contribution in [0.15, 0.2) is 0 Å². The van der Waals surface area contributed by atoms with Crippen LogP contribution in [0.5, 0.6) is 0 Å². The zero-order chi connectivity index (χ0) is 9.35. The van der Waals surface area contributed by atoms with Gasteiger partial charge in [-0.1, -0.05) is 34.6 Å². The van der Waals surface area contributed by atoms with Gasteiger partial charge in [-0.2, -0.15) is 0 Å². The minimum Gasteiger partial charge on any atom is -0.320 e. The summed E-state index contributed by atoms with van der Waals surface area (Å²) in [4.78, 5) is 0. The minimum atomic E-state index is -0.305. The van der Waals surface area contributed by atoms with E-state index in [1.54, 1.807) is 0 Å². The predicted octanol–water partition coefficient (Wildman–Crippen LogP) is 2.78. The predicted molar refractivity (Wildman–Crippen MR) is 48.7 cm³/mol. The van der Waals surface area contributed by atoms with Crippen molar-refractivity contribution in [2.24, 2.45) is 11.8 Å². The standard InChI is InChI=1S/C10H20O2/c1-6-9-11-10(12-9,7(2)3)8(4)5/h7-9H,6H2,1-5H3. The minimum absolute atomic E-state index is 0.0369. The Morgan fingerprint density at radius 1 is 1.08 bits per heavy atom. The summed E-state index contributed by atoms with van der Waals surface area (Å²) in [5, 5.41) is 0. The van der Waals surface area contributed by atoms with E-state index in [2.05, 4.69) is 34.6 Å². The van der Waals surface area contributed by atoms with E-state index in [1.165, 1.54) is 0 Å². The van der Waals surface area contributed by atoms with Crippen molar-refractivity contribution in [2.45, 2.75) is 53.1 Å². The van der Waals surface area contributed by atoms with Crippen LogP contribution in [-0.4, -0.2) is 12.1 Å². The normalized spacial score (nSPS) is 23.2. The van der Waals surface area contributed by atoms with Crippen LogP contribution in [0.1, 0.15) is 41.0 Å². The van der Waals surface area contributed by atoms with Crippen LogP contribution in [0, 0.1) is 11.8 Å². The van der Waals surface area contributed by atoms with E-state index in [9.17, 15) is 0 Å². The highest BCUT2D eigenvalue weighted by Crippen LogP contribution is 2.42. The summed E-state index contributed by atoms with van der Waals surface area (Å²) in [5.74, 6) is 0.557. The molecule has 12 heavy (non-hydrogen) atoms. The molecule has 2 heteroatoms.